The number of carbonyl (C=O) groups is 3. The third-order valence-corrected chi connectivity index (χ3v) is 5.87. The van der Waals surface area contributed by atoms with Crippen LogP contribution in [0, 0.1) is 0 Å². The van der Waals surface area contributed by atoms with Crippen LogP contribution < -0.4 is 5.32 Å². The average molecular weight is 438 g/mol. The van der Waals surface area contributed by atoms with Gasteiger partial charge in [-0.3, -0.25) is 9.59 Å². The van der Waals surface area contributed by atoms with Gasteiger partial charge in [0, 0.05) is 25.6 Å². The quantitative estimate of drug-likeness (QED) is 0.657. The Morgan fingerprint density at radius 3 is 2.22 bits per heavy atom. The number of alkyl carbamates (subject to hydrolysis) is 1. The van der Waals surface area contributed by atoms with Crippen LogP contribution in [0.25, 0.3) is 11.1 Å². The molecule has 1 atom stereocenters. The highest BCUT2D eigenvalue weighted by Crippen LogP contribution is 2.44. The van der Waals surface area contributed by atoms with Crippen molar-refractivity contribution >= 4 is 18.0 Å². The van der Waals surface area contributed by atoms with Gasteiger partial charge in [-0.05, 0) is 29.2 Å². The Balaban J connectivity index is 1.39. The van der Waals surface area contributed by atoms with Gasteiger partial charge in [-0.1, -0.05) is 48.5 Å². The summed E-state index contributed by atoms with van der Waals surface area (Å²) in [5, 5.41) is 11.6. The third kappa shape index (κ3) is 4.45. The Kier molecular flexibility index (Phi) is 6.41. The van der Waals surface area contributed by atoms with Crippen LogP contribution in [0.5, 0.6) is 0 Å². The maximum Gasteiger partial charge on any atom is 0.407 e. The van der Waals surface area contributed by atoms with Crippen LogP contribution in [0.4, 0.5) is 4.79 Å². The zero-order valence-corrected chi connectivity index (χ0v) is 17.8. The molecule has 1 unspecified atom stereocenters. The zero-order valence-electron chi connectivity index (χ0n) is 17.8. The molecule has 2 amide bonds. The molecule has 1 aliphatic heterocycles. The number of benzene rings is 2. The van der Waals surface area contributed by atoms with Gasteiger partial charge >= 0.3 is 12.1 Å². The number of hydrogen-bond acceptors (Lipinski definition) is 5. The Labute approximate surface area is 186 Å². The number of amides is 2. The largest absolute Gasteiger partial charge is 0.481 e. The molecule has 0 aromatic heterocycles. The number of hydrogen-bond donors (Lipinski definition) is 2. The number of carboxylic acid groups (broad SMARTS) is 1. The predicted molar refractivity (Wildman–Crippen MR) is 116 cm³/mol. The number of likely N-dealkylation sites (tertiary alicyclic amines) is 1. The zero-order chi connectivity index (χ0) is 22.7. The molecule has 8 heteroatoms. The summed E-state index contributed by atoms with van der Waals surface area (Å²) in [5.74, 6) is -1.75. The number of carbonyl (C=O) groups excluding carboxylic acids is 2. The summed E-state index contributed by atoms with van der Waals surface area (Å²) in [7, 11) is 0. The molecule has 1 fully saturated rings. The lowest BCUT2D eigenvalue weighted by Crippen LogP contribution is -2.60. The van der Waals surface area contributed by atoms with Crippen molar-refractivity contribution in [1.29, 1.82) is 0 Å². The van der Waals surface area contributed by atoms with E-state index in [4.69, 9.17) is 9.47 Å². The van der Waals surface area contributed by atoms with Crippen molar-refractivity contribution in [3.05, 3.63) is 59.7 Å². The van der Waals surface area contributed by atoms with Crippen molar-refractivity contribution < 1.29 is 29.0 Å². The molecule has 4 rings (SSSR count). The number of rotatable bonds is 8. The van der Waals surface area contributed by atoms with Crippen molar-refractivity contribution in [3.8, 4) is 11.1 Å². The summed E-state index contributed by atoms with van der Waals surface area (Å²) < 4.78 is 10.9. The average Bonchev–Trinajstić information content (AvgIpc) is 3.07. The maximum absolute atomic E-state index is 12.7. The normalized spacial score (nSPS) is 16.0. The second-order valence-corrected chi connectivity index (χ2v) is 7.94. The summed E-state index contributed by atoms with van der Waals surface area (Å²) in [6.45, 7) is 3.27. The number of nitrogens with zero attached hydrogens (tertiary/aromatic N) is 1. The van der Waals surface area contributed by atoms with Crippen LogP contribution in [0.3, 0.4) is 0 Å². The molecule has 32 heavy (non-hydrogen) atoms. The van der Waals surface area contributed by atoms with Gasteiger partial charge in [0.1, 0.15) is 12.6 Å². The van der Waals surface area contributed by atoms with Crippen molar-refractivity contribution in [1.82, 2.24) is 10.2 Å². The smallest absolute Gasteiger partial charge is 0.407 e. The fraction of sp³-hybridized carbons (Fsp3) is 0.375. The molecule has 0 saturated carbocycles. The number of nitrogens with one attached hydrogen (secondary N) is 1. The highest BCUT2D eigenvalue weighted by molar-refractivity contribution is 5.90. The number of fused-ring (bicyclic) bond motifs is 3. The van der Waals surface area contributed by atoms with Gasteiger partial charge in [-0.25, -0.2) is 4.79 Å². The second-order valence-electron chi connectivity index (χ2n) is 7.94. The first-order valence-electron chi connectivity index (χ1n) is 10.7. The Bertz CT molecular complexity index is 972. The van der Waals surface area contributed by atoms with Crippen molar-refractivity contribution in [2.75, 3.05) is 26.3 Å². The molecule has 1 heterocycles. The third-order valence-electron chi connectivity index (χ3n) is 5.87. The van der Waals surface area contributed by atoms with Gasteiger partial charge in [0.2, 0.25) is 5.91 Å². The highest BCUT2D eigenvalue weighted by Gasteiger charge is 2.37. The van der Waals surface area contributed by atoms with Gasteiger partial charge in [-0.2, -0.15) is 0 Å². The summed E-state index contributed by atoms with van der Waals surface area (Å²) in [6.07, 6.45) is -1.38. The number of ether oxygens (including phenoxy) is 2. The summed E-state index contributed by atoms with van der Waals surface area (Å²) in [4.78, 5) is 37.9. The minimum atomic E-state index is -1.19. The van der Waals surface area contributed by atoms with E-state index >= 15 is 0 Å². The molecule has 2 aromatic rings. The van der Waals surface area contributed by atoms with Gasteiger partial charge < -0.3 is 24.8 Å². The lowest BCUT2D eigenvalue weighted by atomic mass is 9.98. The summed E-state index contributed by atoms with van der Waals surface area (Å²) >= 11 is 0. The maximum atomic E-state index is 12.7. The van der Waals surface area contributed by atoms with Gasteiger partial charge in [0.05, 0.1) is 12.5 Å². The first-order chi connectivity index (χ1) is 15.5. The Morgan fingerprint density at radius 1 is 1.06 bits per heavy atom. The van der Waals surface area contributed by atoms with Gasteiger partial charge in [0.25, 0.3) is 0 Å². The fourth-order valence-corrected chi connectivity index (χ4v) is 4.34. The molecular formula is C24H26N2O6. The molecule has 0 bridgehead atoms. The molecular weight excluding hydrogens is 412 g/mol. The molecule has 168 valence electrons. The van der Waals surface area contributed by atoms with Crippen molar-refractivity contribution in [3.63, 3.8) is 0 Å². The van der Waals surface area contributed by atoms with E-state index in [0.29, 0.717) is 19.7 Å². The predicted octanol–water partition coefficient (Wildman–Crippen LogP) is 2.62. The summed E-state index contributed by atoms with van der Waals surface area (Å²) in [6, 6.07) is 14.7. The minimum absolute atomic E-state index is 0.0520. The van der Waals surface area contributed by atoms with Crippen LogP contribution in [0.15, 0.2) is 48.5 Å². The Hall–Kier alpha value is -3.39. The van der Waals surface area contributed by atoms with Crippen molar-refractivity contribution in [2.24, 2.45) is 0 Å². The molecule has 2 N–H and O–H groups in total. The second kappa shape index (κ2) is 9.40. The van der Waals surface area contributed by atoms with E-state index in [1.807, 2.05) is 55.5 Å². The standard InChI is InChI=1S/C24H26N2O6/c1-2-31-15-12-26(13-15)23(29)21(11-22(27)28)25-24(30)32-14-20-18-9-5-3-7-16(18)17-8-4-6-10-19(17)20/h3-10,15,20-21H,2,11-14H2,1H3,(H,25,30)(H,27,28). The van der Waals surface area contributed by atoms with Crippen LogP contribution in [0.1, 0.15) is 30.4 Å². The van der Waals surface area contributed by atoms with E-state index in [2.05, 4.69) is 5.32 Å². The van der Waals surface area contributed by atoms with Crippen LogP contribution in [-0.4, -0.2) is 66.4 Å². The summed E-state index contributed by atoms with van der Waals surface area (Å²) in [5.41, 5.74) is 4.36. The van der Waals surface area contributed by atoms with Gasteiger partial charge in [-0.15, -0.1) is 0 Å². The first kappa shape index (κ1) is 21.8. The van der Waals surface area contributed by atoms with Crippen LogP contribution in [-0.2, 0) is 19.1 Å². The lowest BCUT2D eigenvalue weighted by molar-refractivity contribution is -0.150. The lowest BCUT2D eigenvalue weighted by Gasteiger charge is -2.40. The highest BCUT2D eigenvalue weighted by atomic mass is 16.5. The van der Waals surface area contributed by atoms with E-state index in [0.717, 1.165) is 22.3 Å². The van der Waals surface area contributed by atoms with E-state index in [1.165, 1.54) is 4.90 Å². The minimum Gasteiger partial charge on any atom is -0.481 e. The SMILES string of the molecule is CCOC1CN(C(=O)C(CC(=O)O)NC(=O)OCC2c3ccccc3-c3ccccc32)C1. The molecule has 1 saturated heterocycles. The van der Waals surface area contributed by atoms with E-state index < -0.39 is 30.4 Å². The number of carboxylic acids is 1. The Morgan fingerprint density at radius 2 is 1.66 bits per heavy atom. The first-order valence-corrected chi connectivity index (χ1v) is 10.7. The molecule has 8 nitrogen and oxygen atoms in total. The molecule has 2 aromatic carbocycles. The van der Waals surface area contributed by atoms with Crippen molar-refractivity contribution in [2.45, 2.75) is 31.4 Å². The van der Waals surface area contributed by atoms with E-state index in [9.17, 15) is 19.5 Å². The van der Waals surface area contributed by atoms with E-state index in [1.54, 1.807) is 0 Å². The van der Waals surface area contributed by atoms with Crippen LogP contribution >= 0.6 is 0 Å². The van der Waals surface area contributed by atoms with E-state index in [-0.39, 0.29) is 18.6 Å². The van der Waals surface area contributed by atoms with Gasteiger partial charge in [0.15, 0.2) is 0 Å². The monoisotopic (exact) mass is 438 g/mol. The molecule has 2 aliphatic rings. The topological polar surface area (TPSA) is 105 Å². The molecule has 0 spiro atoms. The molecule has 0 radical (unpaired) electrons. The fourth-order valence-electron chi connectivity index (χ4n) is 4.34. The molecule has 1 aliphatic carbocycles. The number of aliphatic carboxylic acids is 1. The van der Waals surface area contributed by atoms with Crippen LogP contribution in [0.2, 0.25) is 0 Å².